The summed E-state index contributed by atoms with van der Waals surface area (Å²) in [5.74, 6) is 0. The molecule has 0 aromatic heterocycles. The van der Waals surface area contributed by atoms with E-state index in [9.17, 15) is 0 Å². The van der Waals surface area contributed by atoms with Crippen molar-refractivity contribution in [3.05, 3.63) is 44.9 Å². The van der Waals surface area contributed by atoms with Crippen molar-refractivity contribution < 1.29 is 0 Å². The van der Waals surface area contributed by atoms with Gasteiger partial charge in [0.1, 0.15) is 0 Å². The molecule has 0 saturated carbocycles. The minimum absolute atomic E-state index is 0.264. The molecule has 1 aromatic rings. The van der Waals surface area contributed by atoms with Crippen LogP contribution in [0.1, 0.15) is 44.2 Å². The first-order valence-corrected chi connectivity index (χ1v) is 7.77. The van der Waals surface area contributed by atoms with Crippen molar-refractivity contribution in [2.45, 2.75) is 38.6 Å². The third-order valence-corrected chi connectivity index (χ3v) is 4.71. The van der Waals surface area contributed by atoms with Crippen molar-refractivity contribution >= 4 is 27.5 Å². The predicted octanol–water partition coefficient (Wildman–Crippen LogP) is 5.25. The molecule has 1 aliphatic carbocycles. The van der Waals surface area contributed by atoms with E-state index in [2.05, 4.69) is 46.4 Å². The van der Waals surface area contributed by atoms with Crippen LogP contribution in [-0.4, -0.2) is 6.54 Å². The van der Waals surface area contributed by atoms with Gasteiger partial charge in [0.15, 0.2) is 0 Å². The zero-order chi connectivity index (χ0) is 13.0. The second-order valence-corrected chi connectivity index (χ2v) is 5.89. The molecule has 98 valence electrons. The van der Waals surface area contributed by atoms with Gasteiger partial charge < -0.3 is 5.32 Å². The fourth-order valence-corrected chi connectivity index (χ4v) is 3.13. The summed E-state index contributed by atoms with van der Waals surface area (Å²) in [4.78, 5) is 0. The second-order valence-electron chi connectivity index (χ2n) is 4.66. The van der Waals surface area contributed by atoms with Gasteiger partial charge >= 0.3 is 0 Å². The maximum Gasteiger partial charge on any atom is 0.0599 e. The molecular formula is C15H19BrClN. The molecule has 0 spiro atoms. The quantitative estimate of drug-likeness (QED) is 0.744. The Morgan fingerprint density at radius 2 is 2.22 bits per heavy atom. The van der Waals surface area contributed by atoms with Crippen molar-refractivity contribution in [2.24, 2.45) is 0 Å². The molecule has 1 unspecified atom stereocenters. The maximum atomic E-state index is 6.43. The summed E-state index contributed by atoms with van der Waals surface area (Å²) in [6.45, 7) is 3.09. The number of likely N-dealkylation sites (N-methyl/N-ethyl adjacent to an activating group) is 1. The van der Waals surface area contributed by atoms with E-state index in [0.29, 0.717) is 0 Å². The first-order chi connectivity index (χ1) is 8.74. The van der Waals surface area contributed by atoms with E-state index in [-0.39, 0.29) is 6.04 Å². The van der Waals surface area contributed by atoms with Gasteiger partial charge in [-0.1, -0.05) is 42.3 Å². The van der Waals surface area contributed by atoms with Gasteiger partial charge in [0.25, 0.3) is 0 Å². The zero-order valence-electron chi connectivity index (χ0n) is 10.7. The highest BCUT2D eigenvalue weighted by atomic mass is 79.9. The van der Waals surface area contributed by atoms with E-state index in [1.54, 1.807) is 0 Å². The number of rotatable bonds is 4. The molecule has 0 fully saturated rings. The highest BCUT2D eigenvalue weighted by Gasteiger charge is 2.20. The standard InChI is InChI=1S/C15H19BrClN/c1-2-18-15(11-7-4-3-5-8-11)12-9-6-10-13(16)14(12)17/h6-7,9-10,15,18H,2-5,8H2,1H3. The summed E-state index contributed by atoms with van der Waals surface area (Å²) in [7, 11) is 0. The van der Waals surface area contributed by atoms with Gasteiger partial charge in [-0.25, -0.2) is 0 Å². The van der Waals surface area contributed by atoms with Crippen LogP contribution in [0.2, 0.25) is 5.02 Å². The Labute approximate surface area is 123 Å². The normalized spacial score (nSPS) is 17.4. The van der Waals surface area contributed by atoms with Crippen molar-refractivity contribution in [3.63, 3.8) is 0 Å². The van der Waals surface area contributed by atoms with Gasteiger partial charge in [0, 0.05) is 4.47 Å². The predicted molar refractivity (Wildman–Crippen MR) is 82.1 cm³/mol. The molecule has 0 amide bonds. The summed E-state index contributed by atoms with van der Waals surface area (Å²) in [6, 6.07) is 6.43. The Morgan fingerprint density at radius 1 is 1.39 bits per heavy atom. The molecule has 1 atom stereocenters. The fraction of sp³-hybridized carbons (Fsp3) is 0.467. The summed E-state index contributed by atoms with van der Waals surface area (Å²) < 4.78 is 0.973. The Balaban J connectivity index is 2.34. The molecule has 18 heavy (non-hydrogen) atoms. The smallest absolute Gasteiger partial charge is 0.0599 e. The van der Waals surface area contributed by atoms with Gasteiger partial charge in [0.2, 0.25) is 0 Å². The minimum Gasteiger partial charge on any atom is -0.307 e. The van der Waals surface area contributed by atoms with Crippen LogP contribution in [0.25, 0.3) is 0 Å². The lowest BCUT2D eigenvalue weighted by molar-refractivity contribution is 0.564. The largest absolute Gasteiger partial charge is 0.307 e. The van der Waals surface area contributed by atoms with Crippen LogP contribution in [0.4, 0.5) is 0 Å². The van der Waals surface area contributed by atoms with Crippen LogP contribution in [0, 0.1) is 0 Å². The lowest BCUT2D eigenvalue weighted by Crippen LogP contribution is -2.24. The van der Waals surface area contributed by atoms with E-state index in [0.717, 1.165) is 16.0 Å². The molecule has 0 heterocycles. The molecule has 1 nitrogen and oxygen atoms in total. The van der Waals surface area contributed by atoms with E-state index < -0.39 is 0 Å². The first-order valence-electron chi connectivity index (χ1n) is 6.60. The number of hydrogen-bond donors (Lipinski definition) is 1. The minimum atomic E-state index is 0.264. The fourth-order valence-electron chi connectivity index (χ4n) is 2.51. The molecule has 3 heteroatoms. The Kier molecular flexibility index (Phi) is 5.28. The van der Waals surface area contributed by atoms with E-state index in [1.807, 2.05) is 6.07 Å². The van der Waals surface area contributed by atoms with Crippen molar-refractivity contribution in [1.29, 1.82) is 0 Å². The number of nitrogens with one attached hydrogen (secondary N) is 1. The Bertz CT molecular complexity index is 442. The molecule has 1 aliphatic rings. The highest BCUT2D eigenvalue weighted by molar-refractivity contribution is 9.10. The SMILES string of the molecule is CCNC(C1=CCCCC1)c1cccc(Br)c1Cl. The molecule has 0 saturated heterocycles. The molecule has 0 radical (unpaired) electrons. The monoisotopic (exact) mass is 327 g/mol. The lowest BCUT2D eigenvalue weighted by atomic mass is 9.90. The topological polar surface area (TPSA) is 12.0 Å². The Morgan fingerprint density at radius 3 is 2.89 bits per heavy atom. The average Bonchev–Trinajstić information content (AvgIpc) is 2.41. The molecule has 2 rings (SSSR count). The van der Waals surface area contributed by atoms with Crippen molar-refractivity contribution in [2.75, 3.05) is 6.54 Å². The molecule has 1 aromatic carbocycles. The van der Waals surface area contributed by atoms with Crippen LogP contribution in [0.5, 0.6) is 0 Å². The summed E-state index contributed by atoms with van der Waals surface area (Å²) in [5, 5.41) is 4.39. The number of benzene rings is 1. The van der Waals surface area contributed by atoms with Crippen molar-refractivity contribution in [1.82, 2.24) is 5.32 Å². The molecular weight excluding hydrogens is 310 g/mol. The number of hydrogen-bond acceptors (Lipinski definition) is 1. The average molecular weight is 329 g/mol. The van der Waals surface area contributed by atoms with Gasteiger partial charge in [-0.15, -0.1) is 0 Å². The van der Waals surface area contributed by atoms with Crippen LogP contribution >= 0.6 is 27.5 Å². The van der Waals surface area contributed by atoms with Crippen LogP contribution < -0.4 is 5.32 Å². The second kappa shape index (κ2) is 6.74. The van der Waals surface area contributed by atoms with E-state index in [4.69, 9.17) is 11.6 Å². The zero-order valence-corrected chi connectivity index (χ0v) is 13.0. The number of allylic oxidation sites excluding steroid dienone is 1. The summed E-state index contributed by atoms with van der Waals surface area (Å²) in [6.07, 6.45) is 7.37. The van der Waals surface area contributed by atoms with Crippen molar-refractivity contribution in [3.8, 4) is 0 Å². The molecule has 0 bridgehead atoms. The van der Waals surface area contributed by atoms with Crippen LogP contribution in [0.15, 0.2) is 34.3 Å². The van der Waals surface area contributed by atoms with E-state index in [1.165, 1.54) is 36.8 Å². The third-order valence-electron chi connectivity index (χ3n) is 3.40. The molecule has 0 aliphatic heterocycles. The summed E-state index contributed by atoms with van der Waals surface area (Å²) in [5.41, 5.74) is 2.67. The Hall–Kier alpha value is -0.310. The van der Waals surface area contributed by atoms with Crippen LogP contribution in [0.3, 0.4) is 0 Å². The third kappa shape index (κ3) is 3.17. The van der Waals surface area contributed by atoms with Gasteiger partial charge in [-0.2, -0.15) is 0 Å². The van der Waals surface area contributed by atoms with Gasteiger partial charge in [-0.3, -0.25) is 0 Å². The van der Waals surface area contributed by atoms with E-state index >= 15 is 0 Å². The number of halogens is 2. The first kappa shape index (κ1) is 14.1. The van der Waals surface area contributed by atoms with Gasteiger partial charge in [0.05, 0.1) is 11.1 Å². The highest BCUT2D eigenvalue weighted by Crippen LogP contribution is 2.36. The van der Waals surface area contributed by atoms with Crippen LogP contribution in [-0.2, 0) is 0 Å². The summed E-state index contributed by atoms with van der Waals surface area (Å²) >= 11 is 9.94. The maximum absolute atomic E-state index is 6.43. The lowest BCUT2D eigenvalue weighted by Gasteiger charge is -2.25. The van der Waals surface area contributed by atoms with Gasteiger partial charge in [-0.05, 0) is 59.8 Å². The molecule has 1 N–H and O–H groups in total.